The van der Waals surface area contributed by atoms with Gasteiger partial charge in [0.25, 0.3) is 0 Å². The average Bonchev–Trinajstić information content (AvgIpc) is 3.78. The first-order valence-electron chi connectivity index (χ1n) is 25.3. The predicted molar refractivity (Wildman–Crippen MR) is 298 cm³/mol. The van der Waals surface area contributed by atoms with Gasteiger partial charge < -0.3 is 19.3 Å². The summed E-state index contributed by atoms with van der Waals surface area (Å²) in [5, 5.41) is 9.01. The largest absolute Gasteiger partial charge is 0.482 e. The lowest BCUT2D eigenvalue weighted by atomic mass is 9.98. The molecule has 6 aromatic rings. The Hall–Kier alpha value is -6.42. The number of sulfonamides is 2. The van der Waals surface area contributed by atoms with Crippen LogP contribution in [0.2, 0.25) is 0 Å². The van der Waals surface area contributed by atoms with E-state index in [1.165, 1.54) is 32.9 Å². The zero-order chi connectivity index (χ0) is 56.8. The monoisotopic (exact) mass is 1140 g/mol. The van der Waals surface area contributed by atoms with Gasteiger partial charge in [-0.3, -0.25) is 0 Å². The van der Waals surface area contributed by atoms with E-state index in [4.69, 9.17) is 19.3 Å². The second kappa shape index (κ2) is 24.3. The number of fused-ring (bicyclic) bond motifs is 2. The van der Waals surface area contributed by atoms with Crippen LogP contribution in [0.1, 0.15) is 93.6 Å². The number of sulfone groups is 2. The third-order valence-corrected chi connectivity index (χ3v) is 19.6. The van der Waals surface area contributed by atoms with Crippen LogP contribution in [0.3, 0.4) is 0 Å². The third kappa shape index (κ3) is 14.4. The number of carbonyl (C=O) groups excluding carboxylic acids is 1. The van der Waals surface area contributed by atoms with Gasteiger partial charge in [-0.15, -0.1) is 0 Å². The van der Waals surface area contributed by atoms with Crippen molar-refractivity contribution in [1.29, 1.82) is 0 Å². The van der Waals surface area contributed by atoms with E-state index in [2.05, 4.69) is 0 Å². The molecule has 0 spiro atoms. The third-order valence-electron chi connectivity index (χ3n) is 13.6. The number of nitrogens with zero attached hydrogens (tertiary/aromatic N) is 2. The number of carboxylic acids is 1. The SMILES string of the molecule is CN(C1CCCCc2c(OCC(=O)O)cccc21)S(=O)(=O)c1ccc(-c2cccc(S(C)(=O)=O)c2)cc1.CN(C1CCCCc2c(OCC(=O)OC(C)(C)C)cccc21)S(=O)(=O)c1ccc(-c2cccc(S(C)(=O)=O)c2)cc1. The van der Waals surface area contributed by atoms with E-state index in [1.807, 2.05) is 18.2 Å². The van der Waals surface area contributed by atoms with Crippen molar-refractivity contribution in [3.8, 4) is 33.8 Å². The van der Waals surface area contributed by atoms with Gasteiger partial charge in [-0.25, -0.2) is 43.3 Å². The maximum absolute atomic E-state index is 13.8. The second-order valence-corrected chi connectivity index (χ2v) is 28.4. The first-order valence-corrected chi connectivity index (χ1v) is 32.0. The Kier molecular flexibility index (Phi) is 18.5. The molecule has 0 heterocycles. The number of aliphatic carboxylic acids is 1. The molecule has 16 nitrogen and oxygen atoms in total. The highest BCUT2D eigenvalue weighted by molar-refractivity contribution is 7.91. The number of esters is 1. The number of carbonyl (C=O) groups is 2. The Bertz CT molecular complexity index is 3620. The summed E-state index contributed by atoms with van der Waals surface area (Å²) in [5.74, 6) is -0.509. The molecule has 0 radical (unpaired) electrons. The molecule has 2 aliphatic carbocycles. The molecule has 2 unspecified atom stereocenters. The van der Waals surface area contributed by atoms with E-state index < -0.39 is 76.0 Å². The summed E-state index contributed by atoms with van der Waals surface area (Å²) in [6, 6.07) is 36.0. The minimum Gasteiger partial charge on any atom is -0.482 e. The van der Waals surface area contributed by atoms with E-state index in [1.54, 1.807) is 126 Å². The molecule has 416 valence electrons. The Morgan fingerprint density at radius 3 is 1.27 bits per heavy atom. The maximum atomic E-state index is 13.8. The van der Waals surface area contributed by atoms with Gasteiger partial charge in [0.2, 0.25) is 20.0 Å². The maximum Gasteiger partial charge on any atom is 0.344 e. The Morgan fingerprint density at radius 2 is 0.897 bits per heavy atom. The molecule has 2 aliphatic rings. The number of rotatable bonds is 16. The molecule has 0 bridgehead atoms. The fourth-order valence-corrected chi connectivity index (χ4v) is 13.8. The van der Waals surface area contributed by atoms with Crippen LogP contribution in [-0.4, -0.2) is 105 Å². The van der Waals surface area contributed by atoms with Crippen molar-refractivity contribution in [2.75, 3.05) is 39.8 Å². The topological polar surface area (TPSA) is 225 Å². The minimum atomic E-state index is -3.86. The molecule has 2 atom stereocenters. The summed E-state index contributed by atoms with van der Waals surface area (Å²) in [4.78, 5) is 23.9. The van der Waals surface area contributed by atoms with Gasteiger partial charge in [0.05, 0.1) is 31.7 Å². The van der Waals surface area contributed by atoms with E-state index in [-0.39, 0.29) is 26.2 Å². The summed E-state index contributed by atoms with van der Waals surface area (Å²) in [6.45, 7) is 4.69. The van der Waals surface area contributed by atoms with Crippen LogP contribution in [0.15, 0.2) is 153 Å². The molecule has 0 saturated carbocycles. The highest BCUT2D eigenvalue weighted by Gasteiger charge is 2.34. The first-order chi connectivity index (χ1) is 36.6. The smallest absolute Gasteiger partial charge is 0.344 e. The fraction of sp³-hybridized carbons (Fsp3) is 0.345. The summed E-state index contributed by atoms with van der Waals surface area (Å²) in [5.41, 5.74) is 5.58. The summed E-state index contributed by atoms with van der Waals surface area (Å²) < 4.78 is 122. The summed E-state index contributed by atoms with van der Waals surface area (Å²) in [7, 11) is -11.3. The highest BCUT2D eigenvalue weighted by atomic mass is 32.2. The normalized spacial score (nSPS) is 16.1. The lowest BCUT2D eigenvalue weighted by Crippen LogP contribution is -2.31. The van der Waals surface area contributed by atoms with Crippen LogP contribution >= 0.6 is 0 Å². The van der Waals surface area contributed by atoms with Crippen molar-refractivity contribution >= 4 is 51.7 Å². The number of hydrogen-bond acceptors (Lipinski definition) is 13. The molecule has 8 rings (SSSR count). The zero-order valence-electron chi connectivity index (χ0n) is 44.7. The van der Waals surface area contributed by atoms with Crippen LogP contribution in [-0.2, 0) is 66.9 Å². The molecule has 0 aliphatic heterocycles. The predicted octanol–water partition coefficient (Wildman–Crippen LogP) is 9.87. The minimum absolute atomic E-state index is 0.127. The van der Waals surface area contributed by atoms with Gasteiger partial charge in [0, 0.05) is 26.6 Å². The molecule has 0 saturated heterocycles. The van der Waals surface area contributed by atoms with Crippen molar-refractivity contribution in [2.45, 2.75) is 109 Å². The molecule has 20 heteroatoms. The molecule has 1 N–H and O–H groups in total. The van der Waals surface area contributed by atoms with E-state index in [0.29, 0.717) is 59.4 Å². The first kappa shape index (κ1) is 59.2. The number of hydrogen-bond donors (Lipinski definition) is 1. The van der Waals surface area contributed by atoms with Crippen molar-refractivity contribution in [3.63, 3.8) is 0 Å². The molecule has 0 aromatic heterocycles. The van der Waals surface area contributed by atoms with Gasteiger partial charge in [-0.2, -0.15) is 8.61 Å². The molecular weight excluding hydrogens is 1080 g/mol. The lowest BCUT2D eigenvalue weighted by molar-refractivity contribution is -0.157. The van der Waals surface area contributed by atoms with E-state index >= 15 is 0 Å². The van der Waals surface area contributed by atoms with Gasteiger partial charge >= 0.3 is 11.9 Å². The average molecular weight is 1140 g/mol. The zero-order valence-corrected chi connectivity index (χ0v) is 48.0. The van der Waals surface area contributed by atoms with Gasteiger partial charge in [0.15, 0.2) is 32.9 Å². The Balaban J connectivity index is 0.000000227. The molecule has 0 amide bonds. The van der Waals surface area contributed by atoms with Crippen LogP contribution in [0.4, 0.5) is 0 Å². The van der Waals surface area contributed by atoms with Gasteiger partial charge in [-0.1, -0.05) is 85.6 Å². The summed E-state index contributed by atoms with van der Waals surface area (Å²) in [6.07, 6.45) is 8.31. The van der Waals surface area contributed by atoms with Crippen LogP contribution < -0.4 is 9.47 Å². The Morgan fingerprint density at radius 1 is 0.513 bits per heavy atom. The van der Waals surface area contributed by atoms with Gasteiger partial charge in [-0.05, 0) is 164 Å². The molecule has 78 heavy (non-hydrogen) atoms. The molecule has 0 fully saturated rings. The lowest BCUT2D eigenvalue weighted by Gasteiger charge is -2.29. The standard InChI is InChI=1S/C31H37NO7S2.C27H29NO7S2/c1-31(2,3)39-30(33)21-38-29-15-9-13-26-27(29)12-6-7-14-28(26)32(4)41(36,37)24-18-16-22(17-19-24)23-10-8-11-25(20-23)40(5,34)35;1-28(25-11-4-3-9-24-23(25)10-6-12-26(24)35-18-27(29)30)37(33,34)21-15-13-19(14-16-21)20-7-5-8-22(17-20)36(2,31)32/h8-11,13,15-20,28H,6-7,12,14,21H2,1-5H3;5-8,10,12-17,25H,3-4,9,11,18H2,1-2H3,(H,29,30). The van der Waals surface area contributed by atoms with Gasteiger partial charge in [0.1, 0.15) is 17.1 Å². The quantitative estimate of drug-likeness (QED) is 0.0703. The van der Waals surface area contributed by atoms with Crippen molar-refractivity contribution < 1.29 is 62.6 Å². The second-order valence-electron chi connectivity index (χ2n) is 20.4. The Labute approximate surface area is 458 Å². The van der Waals surface area contributed by atoms with Crippen molar-refractivity contribution in [3.05, 3.63) is 156 Å². The van der Waals surface area contributed by atoms with Crippen LogP contribution in [0.25, 0.3) is 22.3 Å². The van der Waals surface area contributed by atoms with Crippen LogP contribution in [0.5, 0.6) is 11.5 Å². The van der Waals surface area contributed by atoms with Crippen molar-refractivity contribution in [1.82, 2.24) is 8.61 Å². The number of carboxylic acid groups (broad SMARTS) is 1. The van der Waals surface area contributed by atoms with E-state index in [0.717, 1.165) is 60.4 Å². The fourth-order valence-electron chi connectivity index (χ4n) is 9.71. The van der Waals surface area contributed by atoms with Crippen molar-refractivity contribution in [2.24, 2.45) is 0 Å². The van der Waals surface area contributed by atoms with Crippen LogP contribution in [0, 0.1) is 0 Å². The molecular formula is C58H66N2O14S4. The number of ether oxygens (including phenoxy) is 3. The number of benzene rings is 6. The summed E-state index contributed by atoms with van der Waals surface area (Å²) >= 11 is 0. The highest BCUT2D eigenvalue weighted by Crippen LogP contribution is 2.41. The molecule has 6 aromatic carbocycles. The van der Waals surface area contributed by atoms with E-state index in [9.17, 15) is 43.3 Å².